The number of thioether (sulfide) groups is 1. The molecule has 0 aromatic heterocycles. The summed E-state index contributed by atoms with van der Waals surface area (Å²) in [4.78, 5) is 2.94. The Morgan fingerprint density at radius 1 is 1.36 bits per heavy atom. The standard InChI is InChI=1S/C17H25F2N3OS2/c1-12(2)10-22-7-8-23-14(11-22)9-20-17(24)21-13-3-5-15(6-4-13)25-16(18)19/h3-6,12,14,16H,7-11H2,1-2H3,(H2,20,21,24)/t14-/m0/s1. The van der Waals surface area contributed by atoms with Crippen molar-refractivity contribution in [2.24, 2.45) is 5.92 Å². The molecule has 0 saturated carbocycles. The summed E-state index contributed by atoms with van der Waals surface area (Å²) in [7, 11) is 0. The Hall–Kier alpha value is -0.960. The maximum absolute atomic E-state index is 12.3. The lowest BCUT2D eigenvalue weighted by atomic mass is 10.2. The molecule has 0 spiro atoms. The molecule has 1 aromatic rings. The van der Waals surface area contributed by atoms with Gasteiger partial charge in [-0.25, -0.2) is 0 Å². The van der Waals surface area contributed by atoms with E-state index in [0.717, 1.165) is 31.9 Å². The quantitative estimate of drug-likeness (QED) is 0.548. The number of ether oxygens (including phenoxy) is 1. The van der Waals surface area contributed by atoms with Crippen molar-refractivity contribution in [1.29, 1.82) is 0 Å². The van der Waals surface area contributed by atoms with Gasteiger partial charge in [-0.2, -0.15) is 8.78 Å². The van der Waals surface area contributed by atoms with E-state index in [2.05, 4.69) is 29.4 Å². The Bertz CT molecular complexity index is 543. The van der Waals surface area contributed by atoms with Crippen LogP contribution in [0.3, 0.4) is 0 Å². The Balaban J connectivity index is 1.73. The number of nitrogens with zero attached hydrogens (tertiary/aromatic N) is 1. The van der Waals surface area contributed by atoms with Gasteiger partial charge in [-0.1, -0.05) is 25.6 Å². The molecule has 1 fully saturated rings. The van der Waals surface area contributed by atoms with E-state index >= 15 is 0 Å². The summed E-state index contributed by atoms with van der Waals surface area (Å²) in [6.07, 6.45) is 0.108. The minimum atomic E-state index is -2.41. The molecule has 8 heteroatoms. The van der Waals surface area contributed by atoms with E-state index in [4.69, 9.17) is 17.0 Å². The number of alkyl halides is 2. The van der Waals surface area contributed by atoms with Gasteiger partial charge in [0.1, 0.15) is 0 Å². The second-order valence-electron chi connectivity index (χ2n) is 6.38. The lowest BCUT2D eigenvalue weighted by Gasteiger charge is -2.34. The van der Waals surface area contributed by atoms with E-state index < -0.39 is 5.76 Å². The third kappa shape index (κ3) is 7.85. The molecule has 1 heterocycles. The Kier molecular flexibility index (Phi) is 8.35. The number of hydrogen-bond donors (Lipinski definition) is 2. The molecule has 0 amide bonds. The minimum Gasteiger partial charge on any atom is -0.374 e. The van der Waals surface area contributed by atoms with Crippen LogP contribution in [0.25, 0.3) is 0 Å². The summed E-state index contributed by atoms with van der Waals surface area (Å²) in [5, 5.41) is 6.72. The second-order valence-corrected chi connectivity index (χ2v) is 7.86. The van der Waals surface area contributed by atoms with Crippen molar-refractivity contribution in [3.8, 4) is 0 Å². The van der Waals surface area contributed by atoms with Crippen LogP contribution in [0.1, 0.15) is 13.8 Å². The second kappa shape index (κ2) is 10.3. The van der Waals surface area contributed by atoms with Crippen LogP contribution in [0, 0.1) is 5.92 Å². The first-order valence-electron chi connectivity index (χ1n) is 8.36. The Labute approximate surface area is 157 Å². The molecular formula is C17H25F2N3OS2. The summed E-state index contributed by atoms with van der Waals surface area (Å²) in [6, 6.07) is 6.77. The fraction of sp³-hybridized carbons (Fsp3) is 0.588. The van der Waals surface area contributed by atoms with Crippen LogP contribution >= 0.6 is 24.0 Å². The van der Waals surface area contributed by atoms with Crippen LogP contribution in [0.4, 0.5) is 14.5 Å². The van der Waals surface area contributed by atoms with Crippen LogP contribution in [0.5, 0.6) is 0 Å². The number of morpholine rings is 1. The molecule has 0 radical (unpaired) electrons. The maximum atomic E-state index is 12.3. The molecule has 1 saturated heterocycles. The van der Waals surface area contributed by atoms with Crippen LogP contribution in [-0.2, 0) is 4.74 Å². The number of rotatable bonds is 7. The normalized spacial score (nSPS) is 18.6. The fourth-order valence-corrected chi connectivity index (χ4v) is 3.39. The third-order valence-corrected chi connectivity index (χ3v) is 4.64. The molecule has 0 aliphatic carbocycles. The summed E-state index contributed by atoms with van der Waals surface area (Å²) < 4.78 is 30.4. The zero-order valence-corrected chi connectivity index (χ0v) is 16.1. The molecule has 1 aliphatic rings. The number of nitrogens with one attached hydrogen (secondary N) is 2. The van der Waals surface area contributed by atoms with Crippen LogP contribution in [0.2, 0.25) is 0 Å². The highest BCUT2D eigenvalue weighted by atomic mass is 32.2. The first-order chi connectivity index (χ1) is 11.9. The first kappa shape index (κ1) is 20.4. The average Bonchev–Trinajstić information content (AvgIpc) is 2.54. The van der Waals surface area contributed by atoms with Crippen LogP contribution < -0.4 is 10.6 Å². The minimum absolute atomic E-state index is 0.108. The van der Waals surface area contributed by atoms with Crippen molar-refractivity contribution in [2.75, 3.05) is 38.1 Å². The lowest BCUT2D eigenvalue weighted by Crippen LogP contribution is -2.48. The summed E-state index contributed by atoms with van der Waals surface area (Å²) >= 11 is 5.82. The van der Waals surface area contributed by atoms with Crippen molar-refractivity contribution < 1.29 is 13.5 Å². The molecule has 140 valence electrons. The largest absolute Gasteiger partial charge is 0.374 e. The Morgan fingerprint density at radius 2 is 2.08 bits per heavy atom. The highest BCUT2D eigenvalue weighted by Crippen LogP contribution is 2.26. The van der Waals surface area contributed by atoms with Crippen molar-refractivity contribution in [3.05, 3.63) is 24.3 Å². The van der Waals surface area contributed by atoms with Gasteiger partial charge in [-0.15, -0.1) is 0 Å². The van der Waals surface area contributed by atoms with Gasteiger partial charge in [0.25, 0.3) is 5.76 Å². The van der Waals surface area contributed by atoms with Crippen molar-refractivity contribution in [3.63, 3.8) is 0 Å². The maximum Gasteiger partial charge on any atom is 0.288 e. The number of hydrogen-bond acceptors (Lipinski definition) is 4. The van der Waals surface area contributed by atoms with Gasteiger partial charge in [0.05, 0.1) is 12.7 Å². The lowest BCUT2D eigenvalue weighted by molar-refractivity contribution is -0.0283. The van der Waals surface area contributed by atoms with E-state index in [0.29, 0.717) is 34.2 Å². The smallest absolute Gasteiger partial charge is 0.288 e. The number of thiocarbonyl (C=S) groups is 1. The van der Waals surface area contributed by atoms with E-state index in [9.17, 15) is 8.78 Å². The molecule has 1 aromatic carbocycles. The van der Waals surface area contributed by atoms with Gasteiger partial charge in [0, 0.05) is 36.8 Å². The van der Waals surface area contributed by atoms with E-state index in [-0.39, 0.29) is 6.10 Å². The molecule has 4 nitrogen and oxygen atoms in total. The third-order valence-electron chi connectivity index (χ3n) is 3.67. The van der Waals surface area contributed by atoms with Gasteiger partial charge in [0.15, 0.2) is 5.11 Å². The summed E-state index contributed by atoms with van der Waals surface area (Å²) in [5.41, 5.74) is 0.766. The fourth-order valence-electron chi connectivity index (χ4n) is 2.69. The predicted molar refractivity (Wildman–Crippen MR) is 104 cm³/mol. The zero-order valence-electron chi connectivity index (χ0n) is 14.5. The van der Waals surface area contributed by atoms with Gasteiger partial charge in [0.2, 0.25) is 0 Å². The number of anilines is 1. The predicted octanol–water partition coefficient (Wildman–Crippen LogP) is 3.64. The van der Waals surface area contributed by atoms with Gasteiger partial charge < -0.3 is 15.4 Å². The Morgan fingerprint density at radius 3 is 2.72 bits per heavy atom. The summed E-state index contributed by atoms with van der Waals surface area (Å²) in [6.45, 7) is 8.75. The molecule has 25 heavy (non-hydrogen) atoms. The van der Waals surface area contributed by atoms with Crippen molar-refractivity contribution in [2.45, 2.75) is 30.6 Å². The summed E-state index contributed by atoms with van der Waals surface area (Å²) in [5.74, 6) is -1.77. The van der Waals surface area contributed by atoms with Crippen molar-refractivity contribution in [1.82, 2.24) is 10.2 Å². The monoisotopic (exact) mass is 389 g/mol. The number of halogens is 2. The van der Waals surface area contributed by atoms with Gasteiger partial charge in [-0.05, 0) is 42.4 Å². The first-order valence-corrected chi connectivity index (χ1v) is 9.65. The zero-order chi connectivity index (χ0) is 18.2. The molecule has 2 N–H and O–H groups in total. The molecular weight excluding hydrogens is 364 g/mol. The molecule has 0 bridgehead atoms. The number of benzene rings is 1. The SMILES string of the molecule is CC(C)CN1CCO[C@@H](CNC(=S)Nc2ccc(SC(F)F)cc2)C1. The van der Waals surface area contributed by atoms with E-state index in [1.54, 1.807) is 24.3 Å². The average molecular weight is 390 g/mol. The van der Waals surface area contributed by atoms with Crippen LogP contribution in [-0.4, -0.2) is 54.7 Å². The van der Waals surface area contributed by atoms with E-state index in [1.807, 2.05) is 0 Å². The highest BCUT2D eigenvalue weighted by molar-refractivity contribution is 7.99. The van der Waals surface area contributed by atoms with Gasteiger partial charge in [-0.3, -0.25) is 4.90 Å². The highest BCUT2D eigenvalue weighted by Gasteiger charge is 2.20. The molecule has 0 unspecified atom stereocenters. The van der Waals surface area contributed by atoms with Crippen LogP contribution in [0.15, 0.2) is 29.2 Å². The van der Waals surface area contributed by atoms with E-state index in [1.165, 1.54) is 0 Å². The molecule has 1 atom stereocenters. The molecule has 1 aliphatic heterocycles. The van der Waals surface area contributed by atoms with Gasteiger partial charge >= 0.3 is 0 Å². The molecule has 2 rings (SSSR count). The topological polar surface area (TPSA) is 36.5 Å². The van der Waals surface area contributed by atoms with Crippen molar-refractivity contribution >= 4 is 34.8 Å².